The third-order valence-corrected chi connectivity index (χ3v) is 3.33. The maximum atomic E-state index is 11.1. The average Bonchev–Trinajstić information content (AvgIpc) is 2.69. The molecule has 3 aromatic rings. The van der Waals surface area contributed by atoms with Crippen LogP contribution in [0, 0.1) is 0 Å². The number of halogens is 1. The molecule has 84 valence electrons. The fourth-order valence-electron chi connectivity index (χ4n) is 1.95. The molecule has 0 saturated carbocycles. The van der Waals surface area contributed by atoms with E-state index in [0.29, 0.717) is 11.2 Å². The largest absolute Gasteiger partial charge is 0.478 e. The Morgan fingerprint density at radius 1 is 1.06 bits per heavy atom. The van der Waals surface area contributed by atoms with Gasteiger partial charge < -0.3 is 9.52 Å². The van der Waals surface area contributed by atoms with Gasteiger partial charge in [-0.1, -0.05) is 24.3 Å². The van der Waals surface area contributed by atoms with E-state index in [2.05, 4.69) is 15.9 Å². The molecule has 0 fully saturated rings. The molecule has 0 bridgehead atoms. The minimum atomic E-state index is -0.981. The number of aromatic carboxylic acids is 1. The average molecular weight is 291 g/mol. The van der Waals surface area contributed by atoms with E-state index in [0.717, 1.165) is 15.2 Å². The summed E-state index contributed by atoms with van der Waals surface area (Å²) in [6.07, 6.45) is 0. The summed E-state index contributed by atoms with van der Waals surface area (Å²) < 4.78 is 6.47. The number of para-hydroxylation sites is 2. The van der Waals surface area contributed by atoms with Crippen LogP contribution >= 0.6 is 15.9 Å². The summed E-state index contributed by atoms with van der Waals surface area (Å²) in [6, 6.07) is 10.8. The molecule has 17 heavy (non-hydrogen) atoms. The van der Waals surface area contributed by atoms with Crippen LogP contribution < -0.4 is 0 Å². The van der Waals surface area contributed by atoms with Crippen molar-refractivity contribution in [3.05, 3.63) is 46.4 Å². The minimum absolute atomic E-state index is 0.186. The fourth-order valence-corrected chi connectivity index (χ4v) is 2.40. The molecule has 1 heterocycles. The lowest BCUT2D eigenvalue weighted by Crippen LogP contribution is -1.95. The van der Waals surface area contributed by atoms with Crippen molar-refractivity contribution >= 4 is 43.8 Å². The summed E-state index contributed by atoms with van der Waals surface area (Å²) >= 11 is 3.40. The molecule has 3 rings (SSSR count). The lowest BCUT2D eigenvalue weighted by molar-refractivity contribution is 0.0698. The van der Waals surface area contributed by atoms with Gasteiger partial charge in [-0.15, -0.1) is 0 Å². The lowest BCUT2D eigenvalue weighted by atomic mass is 10.1. The van der Waals surface area contributed by atoms with Crippen LogP contribution in [0.5, 0.6) is 0 Å². The Morgan fingerprint density at radius 2 is 1.71 bits per heavy atom. The second-order valence-corrected chi connectivity index (χ2v) is 4.56. The molecule has 0 atom stereocenters. The van der Waals surface area contributed by atoms with Crippen LogP contribution in [-0.2, 0) is 0 Å². The highest BCUT2D eigenvalue weighted by Gasteiger charge is 2.15. The molecule has 0 aliphatic rings. The smallest absolute Gasteiger partial charge is 0.339 e. The Bertz CT molecular complexity index is 743. The quantitative estimate of drug-likeness (QED) is 0.736. The second-order valence-electron chi connectivity index (χ2n) is 3.71. The van der Waals surface area contributed by atoms with E-state index in [-0.39, 0.29) is 5.56 Å². The fraction of sp³-hybridized carbons (Fsp3) is 0. The van der Waals surface area contributed by atoms with Crippen molar-refractivity contribution in [3.8, 4) is 0 Å². The van der Waals surface area contributed by atoms with Crippen LogP contribution in [0.3, 0.4) is 0 Å². The van der Waals surface area contributed by atoms with Gasteiger partial charge >= 0.3 is 5.97 Å². The third-order valence-electron chi connectivity index (χ3n) is 2.71. The maximum Gasteiger partial charge on any atom is 0.339 e. The topological polar surface area (TPSA) is 50.4 Å². The van der Waals surface area contributed by atoms with Crippen molar-refractivity contribution in [1.29, 1.82) is 0 Å². The van der Waals surface area contributed by atoms with E-state index >= 15 is 0 Å². The summed E-state index contributed by atoms with van der Waals surface area (Å²) in [6.45, 7) is 0. The Kier molecular flexibility index (Phi) is 2.19. The first-order valence-electron chi connectivity index (χ1n) is 5.01. The van der Waals surface area contributed by atoms with E-state index in [9.17, 15) is 4.79 Å². The zero-order valence-electron chi connectivity index (χ0n) is 8.61. The van der Waals surface area contributed by atoms with E-state index in [4.69, 9.17) is 9.52 Å². The lowest BCUT2D eigenvalue weighted by Gasteiger charge is -1.94. The van der Waals surface area contributed by atoms with Crippen molar-refractivity contribution in [2.75, 3.05) is 0 Å². The van der Waals surface area contributed by atoms with Crippen molar-refractivity contribution < 1.29 is 14.3 Å². The zero-order chi connectivity index (χ0) is 12.0. The number of fused-ring (bicyclic) bond motifs is 3. The predicted octanol–water partition coefficient (Wildman–Crippen LogP) is 4.05. The van der Waals surface area contributed by atoms with Crippen molar-refractivity contribution in [2.45, 2.75) is 0 Å². The highest BCUT2D eigenvalue weighted by atomic mass is 79.9. The summed E-state index contributed by atoms with van der Waals surface area (Å²) in [5.41, 5.74) is 1.28. The van der Waals surface area contributed by atoms with Crippen LogP contribution in [0.4, 0.5) is 0 Å². The van der Waals surface area contributed by atoms with Gasteiger partial charge in [-0.25, -0.2) is 4.79 Å². The van der Waals surface area contributed by atoms with Gasteiger partial charge in [0.2, 0.25) is 0 Å². The summed E-state index contributed by atoms with van der Waals surface area (Å²) in [7, 11) is 0. The maximum absolute atomic E-state index is 11.1. The van der Waals surface area contributed by atoms with Gasteiger partial charge in [0.15, 0.2) is 0 Å². The Hall–Kier alpha value is -1.81. The first-order chi connectivity index (χ1) is 8.18. The first-order valence-corrected chi connectivity index (χ1v) is 5.81. The number of rotatable bonds is 1. The van der Waals surface area contributed by atoms with Crippen molar-refractivity contribution in [1.82, 2.24) is 0 Å². The number of furan rings is 1. The summed E-state index contributed by atoms with van der Waals surface area (Å²) in [4.78, 5) is 11.1. The van der Waals surface area contributed by atoms with E-state index in [1.807, 2.05) is 24.3 Å². The molecular weight excluding hydrogens is 284 g/mol. The van der Waals surface area contributed by atoms with E-state index in [1.54, 1.807) is 12.1 Å². The molecule has 0 aliphatic heterocycles. The van der Waals surface area contributed by atoms with Gasteiger partial charge in [-0.3, -0.25) is 0 Å². The van der Waals surface area contributed by atoms with Gasteiger partial charge in [0, 0.05) is 10.8 Å². The van der Waals surface area contributed by atoms with Crippen LogP contribution in [0.2, 0.25) is 0 Å². The molecule has 0 unspecified atom stereocenters. The molecule has 2 aromatic carbocycles. The monoisotopic (exact) mass is 290 g/mol. The van der Waals surface area contributed by atoms with Crippen molar-refractivity contribution in [3.63, 3.8) is 0 Å². The Morgan fingerprint density at radius 3 is 2.41 bits per heavy atom. The Labute approximate surface area is 105 Å². The van der Waals surface area contributed by atoms with Gasteiger partial charge in [0.25, 0.3) is 0 Å². The third kappa shape index (κ3) is 1.45. The van der Waals surface area contributed by atoms with Gasteiger partial charge in [0.1, 0.15) is 16.7 Å². The number of hydrogen-bond donors (Lipinski definition) is 1. The van der Waals surface area contributed by atoms with Gasteiger partial charge in [-0.05, 0) is 28.1 Å². The first kappa shape index (κ1) is 10.4. The summed E-state index contributed by atoms with van der Waals surface area (Å²) in [5, 5.41) is 10.8. The molecule has 1 aromatic heterocycles. The minimum Gasteiger partial charge on any atom is -0.478 e. The zero-order valence-corrected chi connectivity index (χ0v) is 10.2. The van der Waals surface area contributed by atoms with Gasteiger partial charge in [-0.2, -0.15) is 0 Å². The van der Waals surface area contributed by atoms with Crippen LogP contribution in [0.15, 0.2) is 45.3 Å². The van der Waals surface area contributed by atoms with Gasteiger partial charge in [0.05, 0.1) is 4.47 Å². The molecule has 0 spiro atoms. The SMILES string of the molecule is O=C(O)c1cccc2c1oc1c(Br)cccc12. The molecular formula is C13H7BrO3. The molecule has 0 aliphatic carbocycles. The van der Waals surface area contributed by atoms with E-state index in [1.165, 1.54) is 0 Å². The number of carbonyl (C=O) groups is 1. The standard InChI is InChI=1S/C13H7BrO3/c14-10-6-2-4-8-7-3-1-5-9(13(15)16)11(7)17-12(8)10/h1-6H,(H,15,16). The molecule has 4 heteroatoms. The molecule has 1 N–H and O–H groups in total. The van der Waals surface area contributed by atoms with Crippen LogP contribution in [-0.4, -0.2) is 11.1 Å². The highest BCUT2D eigenvalue weighted by Crippen LogP contribution is 2.34. The molecule has 3 nitrogen and oxygen atoms in total. The van der Waals surface area contributed by atoms with Crippen LogP contribution in [0.1, 0.15) is 10.4 Å². The second kappa shape index (κ2) is 3.60. The molecule has 0 saturated heterocycles. The molecule has 0 amide bonds. The molecule has 0 radical (unpaired) electrons. The Balaban J connectivity index is 2.55. The van der Waals surface area contributed by atoms with E-state index < -0.39 is 5.97 Å². The summed E-state index contributed by atoms with van der Waals surface area (Å²) in [5.74, 6) is -0.981. The number of carboxylic acids is 1. The predicted molar refractivity (Wildman–Crippen MR) is 68.4 cm³/mol. The normalized spacial score (nSPS) is 11.1. The highest BCUT2D eigenvalue weighted by molar-refractivity contribution is 9.10. The number of hydrogen-bond acceptors (Lipinski definition) is 2. The van der Waals surface area contributed by atoms with Crippen molar-refractivity contribution in [2.24, 2.45) is 0 Å². The van der Waals surface area contributed by atoms with Crippen LogP contribution in [0.25, 0.3) is 21.9 Å². The number of benzene rings is 2. The number of carboxylic acid groups (broad SMARTS) is 1.